The Morgan fingerprint density at radius 3 is 2.89 bits per heavy atom. The molecule has 4 nitrogen and oxygen atoms in total. The van der Waals surface area contributed by atoms with E-state index in [1.54, 1.807) is 18.4 Å². The molecule has 0 bridgehead atoms. The van der Waals surface area contributed by atoms with Gasteiger partial charge in [0.05, 0.1) is 18.2 Å². The van der Waals surface area contributed by atoms with Gasteiger partial charge in [-0.1, -0.05) is 42.5 Å². The zero-order valence-electron chi connectivity index (χ0n) is 15.3. The number of ether oxygens (including phenoxy) is 1. The van der Waals surface area contributed by atoms with Crippen LogP contribution >= 0.6 is 11.3 Å². The molecule has 1 aliphatic heterocycles. The molecule has 1 amide bonds. The van der Waals surface area contributed by atoms with Crippen LogP contribution in [0, 0.1) is 0 Å². The first-order valence-corrected chi connectivity index (χ1v) is 10.1. The minimum atomic E-state index is 0.0240. The van der Waals surface area contributed by atoms with Crippen molar-refractivity contribution in [3.05, 3.63) is 81.8 Å². The van der Waals surface area contributed by atoms with E-state index in [1.807, 2.05) is 46.7 Å². The molecule has 2 heterocycles. The summed E-state index contributed by atoms with van der Waals surface area (Å²) >= 11 is 1.56. The third-order valence-electron chi connectivity index (χ3n) is 4.96. The second kappa shape index (κ2) is 7.92. The van der Waals surface area contributed by atoms with Crippen molar-refractivity contribution in [3.63, 3.8) is 0 Å². The van der Waals surface area contributed by atoms with Gasteiger partial charge in [-0.3, -0.25) is 4.79 Å². The molecule has 0 radical (unpaired) electrons. The average molecular weight is 378 g/mol. The van der Waals surface area contributed by atoms with Gasteiger partial charge in [0.25, 0.3) is 5.91 Å². The quantitative estimate of drug-likeness (QED) is 0.645. The minimum absolute atomic E-state index is 0.0240. The van der Waals surface area contributed by atoms with Gasteiger partial charge < -0.3 is 9.64 Å². The molecule has 0 spiro atoms. The molecule has 1 aliphatic rings. The van der Waals surface area contributed by atoms with Crippen molar-refractivity contribution in [3.8, 4) is 5.75 Å². The summed E-state index contributed by atoms with van der Waals surface area (Å²) in [6.07, 6.45) is 2.74. The second-order valence-electron chi connectivity index (χ2n) is 6.72. The zero-order chi connectivity index (χ0) is 18.6. The van der Waals surface area contributed by atoms with Gasteiger partial charge in [0.15, 0.2) is 0 Å². The third-order valence-corrected chi connectivity index (χ3v) is 5.81. The van der Waals surface area contributed by atoms with E-state index in [4.69, 9.17) is 4.74 Å². The van der Waals surface area contributed by atoms with Crippen LogP contribution in [0.5, 0.6) is 5.75 Å². The van der Waals surface area contributed by atoms with Crippen molar-refractivity contribution in [2.75, 3.05) is 13.7 Å². The lowest BCUT2D eigenvalue weighted by Crippen LogP contribution is -2.30. The Morgan fingerprint density at radius 2 is 2.07 bits per heavy atom. The number of benzene rings is 2. The normalized spacial score (nSPS) is 16.5. The second-order valence-corrected chi connectivity index (χ2v) is 7.66. The summed E-state index contributed by atoms with van der Waals surface area (Å²) in [6.45, 7) is 0.770. The maximum absolute atomic E-state index is 13.1. The SMILES string of the molecule is COc1cccc([C@H]2CCCN2C(=O)c2csc(Cc3ccccc3)n2)c1. The van der Waals surface area contributed by atoms with Gasteiger partial charge in [0.2, 0.25) is 0 Å². The van der Waals surface area contributed by atoms with E-state index < -0.39 is 0 Å². The van der Waals surface area contributed by atoms with Crippen molar-refractivity contribution in [1.82, 2.24) is 9.88 Å². The molecule has 4 rings (SSSR count). The van der Waals surface area contributed by atoms with Crippen LogP contribution in [-0.2, 0) is 6.42 Å². The fourth-order valence-electron chi connectivity index (χ4n) is 3.61. The van der Waals surface area contributed by atoms with Crippen LogP contribution in [0.25, 0.3) is 0 Å². The highest BCUT2D eigenvalue weighted by atomic mass is 32.1. The van der Waals surface area contributed by atoms with Gasteiger partial charge in [-0.05, 0) is 36.1 Å². The molecular formula is C22H22N2O2S. The lowest BCUT2D eigenvalue weighted by atomic mass is 10.0. The van der Waals surface area contributed by atoms with Crippen molar-refractivity contribution >= 4 is 17.2 Å². The molecule has 1 aromatic heterocycles. The zero-order valence-corrected chi connectivity index (χ0v) is 16.1. The van der Waals surface area contributed by atoms with E-state index >= 15 is 0 Å². The highest BCUT2D eigenvalue weighted by Crippen LogP contribution is 2.34. The molecule has 27 heavy (non-hydrogen) atoms. The van der Waals surface area contributed by atoms with Gasteiger partial charge in [-0.15, -0.1) is 11.3 Å². The standard InChI is InChI=1S/C22H22N2O2S/c1-26-18-10-5-9-17(14-18)20-11-6-12-24(20)22(25)19-15-27-21(23-19)13-16-7-3-2-4-8-16/h2-5,7-10,14-15,20H,6,11-13H2,1H3/t20-/m1/s1. The van der Waals surface area contributed by atoms with Gasteiger partial charge in [-0.2, -0.15) is 0 Å². The number of carbonyl (C=O) groups is 1. The van der Waals surface area contributed by atoms with Crippen molar-refractivity contribution < 1.29 is 9.53 Å². The van der Waals surface area contributed by atoms with Gasteiger partial charge in [-0.25, -0.2) is 4.98 Å². The predicted molar refractivity (Wildman–Crippen MR) is 107 cm³/mol. The van der Waals surface area contributed by atoms with E-state index in [0.717, 1.165) is 42.1 Å². The number of hydrogen-bond acceptors (Lipinski definition) is 4. The van der Waals surface area contributed by atoms with E-state index in [-0.39, 0.29) is 11.9 Å². The van der Waals surface area contributed by atoms with Gasteiger partial charge in [0, 0.05) is 18.3 Å². The number of carbonyl (C=O) groups excluding carboxylic acids is 1. The van der Waals surface area contributed by atoms with Crippen LogP contribution < -0.4 is 4.74 Å². The Balaban J connectivity index is 1.51. The number of thiazole rings is 1. The highest BCUT2D eigenvalue weighted by molar-refractivity contribution is 7.09. The summed E-state index contributed by atoms with van der Waals surface area (Å²) in [7, 11) is 1.67. The maximum atomic E-state index is 13.1. The van der Waals surface area contributed by atoms with Gasteiger partial charge in [0.1, 0.15) is 11.4 Å². The molecule has 1 saturated heterocycles. The van der Waals surface area contributed by atoms with E-state index in [0.29, 0.717) is 5.69 Å². The third kappa shape index (κ3) is 3.88. The molecule has 1 fully saturated rings. The monoisotopic (exact) mass is 378 g/mol. The first-order valence-electron chi connectivity index (χ1n) is 9.18. The number of aromatic nitrogens is 1. The van der Waals surface area contributed by atoms with Crippen molar-refractivity contribution in [2.45, 2.75) is 25.3 Å². The molecule has 2 aromatic carbocycles. The Hall–Kier alpha value is -2.66. The fourth-order valence-corrected chi connectivity index (χ4v) is 4.42. The fraction of sp³-hybridized carbons (Fsp3) is 0.273. The van der Waals surface area contributed by atoms with E-state index in [1.165, 1.54) is 5.56 Å². The molecule has 138 valence electrons. The topological polar surface area (TPSA) is 42.4 Å². The van der Waals surface area contributed by atoms with Gasteiger partial charge >= 0.3 is 0 Å². The van der Waals surface area contributed by atoms with E-state index in [2.05, 4.69) is 23.2 Å². The number of rotatable bonds is 5. The summed E-state index contributed by atoms with van der Waals surface area (Å²) in [5.41, 5.74) is 2.89. The van der Waals surface area contributed by atoms with E-state index in [9.17, 15) is 4.79 Å². The Kier molecular flexibility index (Phi) is 5.21. The molecule has 1 atom stereocenters. The lowest BCUT2D eigenvalue weighted by molar-refractivity contribution is 0.0730. The first kappa shape index (κ1) is 17.7. The number of hydrogen-bond donors (Lipinski definition) is 0. The largest absolute Gasteiger partial charge is 0.497 e. The van der Waals surface area contributed by atoms with Crippen LogP contribution in [0.15, 0.2) is 60.0 Å². The number of amides is 1. The maximum Gasteiger partial charge on any atom is 0.273 e. The molecule has 0 saturated carbocycles. The molecular weight excluding hydrogens is 356 g/mol. The molecule has 3 aromatic rings. The molecule has 5 heteroatoms. The van der Waals surface area contributed by atoms with Crippen LogP contribution in [0.4, 0.5) is 0 Å². The highest BCUT2D eigenvalue weighted by Gasteiger charge is 2.31. The van der Waals surface area contributed by atoms with Crippen LogP contribution in [0.3, 0.4) is 0 Å². The number of methoxy groups -OCH3 is 1. The van der Waals surface area contributed by atoms with Crippen LogP contribution in [-0.4, -0.2) is 29.4 Å². The lowest BCUT2D eigenvalue weighted by Gasteiger charge is -2.24. The summed E-state index contributed by atoms with van der Waals surface area (Å²) < 4.78 is 5.34. The Morgan fingerprint density at radius 1 is 1.22 bits per heavy atom. The van der Waals surface area contributed by atoms with Crippen LogP contribution in [0.2, 0.25) is 0 Å². The number of likely N-dealkylation sites (tertiary alicyclic amines) is 1. The summed E-state index contributed by atoms with van der Waals surface area (Å²) in [6, 6.07) is 18.3. The molecule has 0 unspecified atom stereocenters. The minimum Gasteiger partial charge on any atom is -0.497 e. The summed E-state index contributed by atoms with van der Waals surface area (Å²) in [4.78, 5) is 19.7. The van der Waals surface area contributed by atoms with Crippen molar-refractivity contribution in [1.29, 1.82) is 0 Å². The summed E-state index contributed by atoms with van der Waals surface area (Å²) in [5.74, 6) is 0.849. The predicted octanol–water partition coefficient (Wildman–Crippen LogP) is 4.72. The Bertz CT molecular complexity index is 923. The number of nitrogens with zero attached hydrogens (tertiary/aromatic N) is 2. The van der Waals surface area contributed by atoms with Crippen LogP contribution in [0.1, 0.15) is 45.5 Å². The first-order chi connectivity index (χ1) is 13.2. The smallest absolute Gasteiger partial charge is 0.273 e. The molecule has 0 aliphatic carbocycles. The summed E-state index contributed by atoms with van der Waals surface area (Å²) in [5, 5.41) is 2.86. The van der Waals surface area contributed by atoms with Crippen molar-refractivity contribution in [2.24, 2.45) is 0 Å². The Labute approximate surface area is 163 Å². The molecule has 0 N–H and O–H groups in total. The average Bonchev–Trinajstić information content (AvgIpc) is 3.38.